The summed E-state index contributed by atoms with van der Waals surface area (Å²) in [4.78, 5) is 23.9. The smallest absolute Gasteiger partial charge is 0.329 e. The van der Waals surface area contributed by atoms with E-state index in [1.165, 1.54) is 18.7 Å². The summed E-state index contributed by atoms with van der Waals surface area (Å²) in [6.45, 7) is 4.36. The van der Waals surface area contributed by atoms with Gasteiger partial charge in [-0.3, -0.25) is 4.79 Å². The lowest BCUT2D eigenvalue weighted by Crippen LogP contribution is -2.67. The molecular formula is C11H19NO6S. The SMILES string of the molecule is CC1(OCC(=O)O)CN(C(=O)C(C)(C)S(C)(=O)=O)C1. The Bertz CT molecular complexity index is 489. The summed E-state index contributed by atoms with van der Waals surface area (Å²) in [7, 11) is -3.51. The van der Waals surface area contributed by atoms with Crippen molar-refractivity contribution in [3.8, 4) is 0 Å². The van der Waals surface area contributed by atoms with Gasteiger partial charge in [0, 0.05) is 6.26 Å². The summed E-state index contributed by atoms with van der Waals surface area (Å²) < 4.78 is 26.8. The molecule has 110 valence electrons. The number of hydrogen-bond acceptors (Lipinski definition) is 5. The molecular weight excluding hydrogens is 274 g/mol. The van der Waals surface area contributed by atoms with Gasteiger partial charge in [-0.25, -0.2) is 13.2 Å². The normalized spacial score (nSPS) is 18.8. The van der Waals surface area contributed by atoms with Crippen LogP contribution in [-0.2, 0) is 24.2 Å². The van der Waals surface area contributed by atoms with Crippen LogP contribution in [0.25, 0.3) is 0 Å². The largest absolute Gasteiger partial charge is 0.480 e. The van der Waals surface area contributed by atoms with Crippen molar-refractivity contribution in [3.63, 3.8) is 0 Å². The Labute approximate surface area is 112 Å². The second-order valence-corrected chi connectivity index (χ2v) is 8.14. The van der Waals surface area contributed by atoms with Crippen molar-refractivity contribution in [3.05, 3.63) is 0 Å². The molecule has 0 atom stereocenters. The number of sulfone groups is 1. The van der Waals surface area contributed by atoms with Crippen LogP contribution >= 0.6 is 0 Å². The number of ether oxygens (including phenoxy) is 1. The van der Waals surface area contributed by atoms with Crippen molar-refractivity contribution in [1.29, 1.82) is 0 Å². The first-order valence-electron chi connectivity index (χ1n) is 5.74. The monoisotopic (exact) mass is 293 g/mol. The Kier molecular flexibility index (Phi) is 3.98. The lowest BCUT2D eigenvalue weighted by Gasteiger charge is -2.49. The van der Waals surface area contributed by atoms with Gasteiger partial charge in [-0.15, -0.1) is 0 Å². The third-order valence-corrected chi connectivity index (χ3v) is 5.35. The molecule has 8 heteroatoms. The van der Waals surface area contributed by atoms with E-state index in [1.807, 2.05) is 0 Å². The van der Waals surface area contributed by atoms with Crippen molar-refractivity contribution in [2.45, 2.75) is 31.1 Å². The number of carbonyl (C=O) groups excluding carboxylic acids is 1. The summed E-state index contributed by atoms with van der Waals surface area (Å²) in [5, 5.41) is 8.52. The quantitative estimate of drug-likeness (QED) is 0.734. The van der Waals surface area contributed by atoms with Crippen LogP contribution in [0.5, 0.6) is 0 Å². The van der Waals surface area contributed by atoms with E-state index < -0.39 is 38.7 Å². The summed E-state index contributed by atoms with van der Waals surface area (Å²) >= 11 is 0. The second kappa shape index (κ2) is 4.75. The van der Waals surface area contributed by atoms with Crippen LogP contribution in [0.1, 0.15) is 20.8 Å². The standard InChI is InChI=1S/C11H19NO6S/c1-10(2,19(4,16)17)9(15)12-6-11(3,7-12)18-5-8(13)14/h5-7H2,1-4H3,(H,13,14). The van der Waals surface area contributed by atoms with Gasteiger partial charge in [0.05, 0.1) is 13.1 Å². The first-order valence-corrected chi connectivity index (χ1v) is 7.63. The zero-order chi connectivity index (χ0) is 15.1. The van der Waals surface area contributed by atoms with Crippen LogP contribution in [0, 0.1) is 0 Å². The Morgan fingerprint density at radius 2 is 1.84 bits per heavy atom. The number of hydrogen-bond donors (Lipinski definition) is 1. The van der Waals surface area contributed by atoms with E-state index in [-0.39, 0.29) is 13.1 Å². The van der Waals surface area contributed by atoms with E-state index in [0.717, 1.165) is 6.26 Å². The number of carboxylic acid groups (broad SMARTS) is 1. The fourth-order valence-corrected chi connectivity index (χ4v) is 2.22. The molecule has 1 aliphatic heterocycles. The Morgan fingerprint density at radius 1 is 1.37 bits per heavy atom. The van der Waals surface area contributed by atoms with Gasteiger partial charge >= 0.3 is 5.97 Å². The summed E-state index contributed by atoms with van der Waals surface area (Å²) in [6, 6.07) is 0. The molecule has 1 saturated heterocycles. The zero-order valence-electron chi connectivity index (χ0n) is 11.5. The predicted molar refractivity (Wildman–Crippen MR) is 67.5 cm³/mol. The van der Waals surface area contributed by atoms with Crippen molar-refractivity contribution < 1.29 is 27.9 Å². The molecule has 0 bridgehead atoms. The summed E-state index contributed by atoms with van der Waals surface area (Å²) in [6.07, 6.45) is 1.02. The molecule has 1 heterocycles. The van der Waals surface area contributed by atoms with E-state index in [2.05, 4.69) is 0 Å². The highest BCUT2D eigenvalue weighted by Gasteiger charge is 2.49. The van der Waals surface area contributed by atoms with Crippen LogP contribution in [0.2, 0.25) is 0 Å². The van der Waals surface area contributed by atoms with Gasteiger partial charge in [0.25, 0.3) is 0 Å². The van der Waals surface area contributed by atoms with Gasteiger partial charge in [0.15, 0.2) is 9.84 Å². The number of likely N-dealkylation sites (tertiary alicyclic amines) is 1. The average Bonchev–Trinajstić information content (AvgIpc) is 2.19. The van der Waals surface area contributed by atoms with E-state index >= 15 is 0 Å². The number of carbonyl (C=O) groups is 2. The maximum absolute atomic E-state index is 12.1. The molecule has 1 rings (SSSR count). The molecule has 0 radical (unpaired) electrons. The third kappa shape index (κ3) is 3.24. The topological polar surface area (TPSA) is 101 Å². The van der Waals surface area contributed by atoms with Gasteiger partial charge in [0.1, 0.15) is 17.0 Å². The van der Waals surface area contributed by atoms with Crippen molar-refractivity contribution in [2.75, 3.05) is 26.0 Å². The van der Waals surface area contributed by atoms with Crippen LogP contribution in [0.3, 0.4) is 0 Å². The maximum atomic E-state index is 12.1. The highest BCUT2D eigenvalue weighted by molar-refractivity contribution is 7.92. The molecule has 0 saturated carbocycles. The van der Waals surface area contributed by atoms with Crippen molar-refractivity contribution in [2.24, 2.45) is 0 Å². The molecule has 7 nitrogen and oxygen atoms in total. The molecule has 0 aromatic heterocycles. The van der Waals surface area contributed by atoms with E-state index in [0.29, 0.717) is 0 Å². The fraction of sp³-hybridized carbons (Fsp3) is 0.818. The van der Waals surface area contributed by atoms with Gasteiger partial charge in [-0.1, -0.05) is 0 Å². The van der Waals surface area contributed by atoms with E-state index in [9.17, 15) is 18.0 Å². The summed E-state index contributed by atoms with van der Waals surface area (Å²) in [5.74, 6) is -1.58. The van der Waals surface area contributed by atoms with E-state index in [4.69, 9.17) is 9.84 Å². The van der Waals surface area contributed by atoms with Crippen LogP contribution < -0.4 is 0 Å². The lowest BCUT2D eigenvalue weighted by molar-refractivity contribution is -0.174. The van der Waals surface area contributed by atoms with Crippen molar-refractivity contribution in [1.82, 2.24) is 4.90 Å². The van der Waals surface area contributed by atoms with Gasteiger partial charge in [-0.2, -0.15) is 0 Å². The molecule has 19 heavy (non-hydrogen) atoms. The highest BCUT2D eigenvalue weighted by Crippen LogP contribution is 2.29. The summed E-state index contributed by atoms with van der Waals surface area (Å²) in [5.41, 5.74) is -0.721. The minimum Gasteiger partial charge on any atom is -0.480 e. The lowest BCUT2D eigenvalue weighted by atomic mass is 9.94. The molecule has 0 aromatic carbocycles. The maximum Gasteiger partial charge on any atom is 0.329 e. The average molecular weight is 293 g/mol. The minimum absolute atomic E-state index is 0.193. The highest BCUT2D eigenvalue weighted by atomic mass is 32.2. The number of carboxylic acids is 1. The molecule has 0 aromatic rings. The van der Waals surface area contributed by atoms with Crippen molar-refractivity contribution >= 4 is 21.7 Å². The molecule has 0 unspecified atom stereocenters. The van der Waals surface area contributed by atoms with Gasteiger partial charge < -0.3 is 14.7 Å². The predicted octanol–water partition coefficient (Wildman–Crippen LogP) is -0.488. The molecule has 1 aliphatic rings. The minimum atomic E-state index is -3.51. The second-order valence-electron chi connectivity index (χ2n) is 5.58. The number of aliphatic carboxylic acids is 1. The molecule has 0 spiro atoms. The molecule has 1 N–H and O–H groups in total. The Morgan fingerprint density at radius 3 is 2.21 bits per heavy atom. The first-order chi connectivity index (χ1) is 8.39. The van der Waals surface area contributed by atoms with Gasteiger partial charge in [0.2, 0.25) is 5.91 Å². The molecule has 1 fully saturated rings. The molecule has 1 amide bonds. The Balaban J connectivity index is 2.64. The van der Waals surface area contributed by atoms with Crippen LogP contribution in [0.15, 0.2) is 0 Å². The first kappa shape index (κ1) is 15.9. The zero-order valence-corrected chi connectivity index (χ0v) is 12.3. The fourth-order valence-electron chi connectivity index (χ4n) is 1.77. The van der Waals surface area contributed by atoms with E-state index in [1.54, 1.807) is 6.92 Å². The number of rotatable bonds is 5. The van der Waals surface area contributed by atoms with Crippen LogP contribution in [-0.4, -0.2) is 66.6 Å². The number of nitrogens with zero attached hydrogens (tertiary/aromatic N) is 1. The molecule has 0 aliphatic carbocycles. The van der Waals surface area contributed by atoms with Gasteiger partial charge in [-0.05, 0) is 20.8 Å². The third-order valence-electron chi connectivity index (χ3n) is 3.32. The number of amides is 1. The van der Waals surface area contributed by atoms with Crippen LogP contribution in [0.4, 0.5) is 0 Å². The Hall–Kier alpha value is -1.15.